The van der Waals surface area contributed by atoms with Gasteiger partial charge in [-0.3, -0.25) is 9.59 Å². The number of nitrogens with zero attached hydrogens (tertiary/aromatic N) is 1. The second-order valence-electron chi connectivity index (χ2n) is 6.95. The molecule has 0 saturated heterocycles. The molecule has 0 radical (unpaired) electrons. The molecule has 1 heterocycles. The van der Waals surface area contributed by atoms with Crippen LogP contribution in [0.4, 0.5) is 5.69 Å². The van der Waals surface area contributed by atoms with E-state index in [-0.39, 0.29) is 17.7 Å². The number of amides is 2. The van der Waals surface area contributed by atoms with Crippen LogP contribution in [0, 0.1) is 5.92 Å². The summed E-state index contributed by atoms with van der Waals surface area (Å²) in [5, 5.41) is 4.01. The van der Waals surface area contributed by atoms with E-state index in [1.807, 2.05) is 18.2 Å². The number of hydrogen-bond donors (Lipinski definition) is 2. The number of rotatable bonds is 4. The predicted octanol–water partition coefficient (Wildman–Crippen LogP) is 4.31. The van der Waals surface area contributed by atoms with Gasteiger partial charge in [0.15, 0.2) is 0 Å². The third-order valence-electron chi connectivity index (χ3n) is 5.14. The molecule has 2 amide bonds. The molecule has 3 aromatic rings. The Bertz CT molecular complexity index is 965. The van der Waals surface area contributed by atoms with E-state index in [4.69, 9.17) is 10.7 Å². The number of fused-ring (bicyclic) bond motifs is 1. The Balaban J connectivity index is 1.57. The van der Waals surface area contributed by atoms with Gasteiger partial charge < -0.3 is 11.1 Å². The molecule has 5 nitrogen and oxygen atoms in total. The van der Waals surface area contributed by atoms with Gasteiger partial charge in [-0.25, -0.2) is 4.98 Å². The van der Waals surface area contributed by atoms with E-state index in [2.05, 4.69) is 11.4 Å². The van der Waals surface area contributed by atoms with E-state index in [0.29, 0.717) is 11.3 Å². The Hall–Kier alpha value is -2.73. The minimum Gasteiger partial charge on any atom is -0.366 e. The van der Waals surface area contributed by atoms with Crippen LogP contribution >= 0.6 is 11.3 Å². The first-order valence-corrected chi connectivity index (χ1v) is 9.99. The zero-order valence-corrected chi connectivity index (χ0v) is 15.7. The molecule has 1 aromatic heterocycles. The first-order valence-electron chi connectivity index (χ1n) is 9.18. The summed E-state index contributed by atoms with van der Waals surface area (Å²) in [5.41, 5.74) is 7.32. The quantitative estimate of drug-likeness (QED) is 0.708. The van der Waals surface area contributed by atoms with Crippen LogP contribution in [-0.2, 0) is 4.79 Å². The maximum atomic E-state index is 13.0. The van der Waals surface area contributed by atoms with Gasteiger partial charge in [0.1, 0.15) is 0 Å². The zero-order valence-electron chi connectivity index (χ0n) is 14.9. The molecule has 3 N–H and O–H groups in total. The average Bonchev–Trinajstić information content (AvgIpc) is 3.12. The number of nitrogens with two attached hydrogens (primary N) is 1. The van der Waals surface area contributed by atoms with E-state index >= 15 is 0 Å². The number of aromatic nitrogens is 1. The molecule has 27 heavy (non-hydrogen) atoms. The van der Waals surface area contributed by atoms with Crippen molar-refractivity contribution in [2.24, 2.45) is 11.7 Å². The Labute approximate surface area is 161 Å². The third kappa shape index (κ3) is 3.71. The number of primary amides is 1. The first kappa shape index (κ1) is 17.7. The number of para-hydroxylation sites is 1. The molecule has 0 spiro atoms. The summed E-state index contributed by atoms with van der Waals surface area (Å²) in [6.45, 7) is 0. The molecule has 0 unspecified atom stereocenters. The minimum atomic E-state index is -0.504. The van der Waals surface area contributed by atoms with Gasteiger partial charge in [-0.15, -0.1) is 11.3 Å². The SMILES string of the molecule is NC(=O)c1cccc(NC(=O)[C@H]2CCCC[C@@H]2c2nc3ccccc3s2)c1. The third-order valence-corrected chi connectivity index (χ3v) is 6.31. The Morgan fingerprint density at radius 1 is 1.07 bits per heavy atom. The van der Waals surface area contributed by atoms with Gasteiger partial charge in [-0.05, 0) is 43.2 Å². The summed E-state index contributed by atoms with van der Waals surface area (Å²) in [7, 11) is 0. The van der Waals surface area contributed by atoms with Crippen LogP contribution in [0.5, 0.6) is 0 Å². The van der Waals surface area contributed by atoms with Crippen molar-refractivity contribution >= 4 is 39.1 Å². The highest BCUT2D eigenvalue weighted by molar-refractivity contribution is 7.18. The number of benzene rings is 2. The molecule has 1 aliphatic rings. The van der Waals surface area contributed by atoms with Crippen molar-refractivity contribution in [3.63, 3.8) is 0 Å². The van der Waals surface area contributed by atoms with E-state index < -0.39 is 5.91 Å². The number of anilines is 1. The van der Waals surface area contributed by atoms with Crippen molar-refractivity contribution in [1.82, 2.24) is 4.98 Å². The lowest BCUT2D eigenvalue weighted by Crippen LogP contribution is -2.30. The fourth-order valence-corrected chi connectivity index (χ4v) is 4.94. The van der Waals surface area contributed by atoms with Crippen molar-refractivity contribution in [2.45, 2.75) is 31.6 Å². The van der Waals surface area contributed by atoms with Crippen molar-refractivity contribution in [2.75, 3.05) is 5.32 Å². The maximum Gasteiger partial charge on any atom is 0.248 e. The van der Waals surface area contributed by atoms with E-state index in [1.165, 1.54) is 0 Å². The average molecular weight is 379 g/mol. The lowest BCUT2D eigenvalue weighted by Gasteiger charge is -2.29. The Kier molecular flexibility index (Phi) is 4.90. The zero-order chi connectivity index (χ0) is 18.8. The molecule has 2 aromatic carbocycles. The summed E-state index contributed by atoms with van der Waals surface area (Å²) in [4.78, 5) is 29.2. The number of hydrogen-bond acceptors (Lipinski definition) is 4. The smallest absolute Gasteiger partial charge is 0.248 e. The maximum absolute atomic E-state index is 13.0. The molecule has 138 valence electrons. The van der Waals surface area contributed by atoms with Crippen LogP contribution in [0.25, 0.3) is 10.2 Å². The summed E-state index contributed by atoms with van der Waals surface area (Å²) in [6, 6.07) is 14.9. The van der Waals surface area contributed by atoms with Gasteiger partial charge in [0, 0.05) is 23.1 Å². The number of nitrogens with one attached hydrogen (secondary N) is 1. The van der Waals surface area contributed by atoms with Crippen LogP contribution in [0.2, 0.25) is 0 Å². The summed E-state index contributed by atoms with van der Waals surface area (Å²) in [5.74, 6) is -0.497. The van der Waals surface area contributed by atoms with Crippen molar-refractivity contribution in [1.29, 1.82) is 0 Å². The summed E-state index contributed by atoms with van der Waals surface area (Å²) >= 11 is 1.69. The van der Waals surface area contributed by atoms with Crippen molar-refractivity contribution < 1.29 is 9.59 Å². The Morgan fingerprint density at radius 2 is 1.89 bits per heavy atom. The monoisotopic (exact) mass is 379 g/mol. The molecule has 1 aliphatic carbocycles. The van der Waals surface area contributed by atoms with E-state index in [1.54, 1.807) is 35.6 Å². The number of carbonyl (C=O) groups is 2. The summed E-state index contributed by atoms with van der Waals surface area (Å²) in [6.07, 6.45) is 3.98. The van der Waals surface area contributed by atoms with E-state index in [9.17, 15) is 9.59 Å². The van der Waals surface area contributed by atoms with Gasteiger partial charge >= 0.3 is 0 Å². The van der Waals surface area contributed by atoms with Gasteiger partial charge in [0.25, 0.3) is 0 Å². The molecule has 2 atom stereocenters. The largest absolute Gasteiger partial charge is 0.366 e. The predicted molar refractivity (Wildman–Crippen MR) is 108 cm³/mol. The highest BCUT2D eigenvalue weighted by Gasteiger charge is 2.34. The van der Waals surface area contributed by atoms with Gasteiger partial charge in [-0.2, -0.15) is 0 Å². The second-order valence-corrected chi connectivity index (χ2v) is 8.01. The summed E-state index contributed by atoms with van der Waals surface area (Å²) < 4.78 is 1.16. The molecular weight excluding hydrogens is 358 g/mol. The lowest BCUT2D eigenvalue weighted by molar-refractivity contribution is -0.121. The van der Waals surface area contributed by atoms with Crippen LogP contribution in [0.3, 0.4) is 0 Å². The highest BCUT2D eigenvalue weighted by Crippen LogP contribution is 2.41. The standard InChI is InChI=1S/C21H21N3O2S/c22-19(25)13-6-5-7-14(12-13)23-20(26)15-8-1-2-9-16(15)21-24-17-10-3-4-11-18(17)27-21/h3-7,10-12,15-16H,1-2,8-9H2,(H2,22,25)(H,23,26)/t15-,16-/m0/s1. The molecule has 0 bridgehead atoms. The van der Waals surface area contributed by atoms with Crippen molar-refractivity contribution in [3.05, 3.63) is 59.1 Å². The van der Waals surface area contributed by atoms with Gasteiger partial charge in [-0.1, -0.05) is 31.0 Å². The number of carbonyl (C=O) groups excluding carboxylic acids is 2. The second kappa shape index (κ2) is 7.48. The van der Waals surface area contributed by atoms with E-state index in [0.717, 1.165) is 40.9 Å². The molecule has 0 aliphatic heterocycles. The first-order chi connectivity index (χ1) is 13.1. The van der Waals surface area contributed by atoms with Crippen LogP contribution in [0.15, 0.2) is 48.5 Å². The molecule has 6 heteroatoms. The van der Waals surface area contributed by atoms with Crippen LogP contribution < -0.4 is 11.1 Å². The topological polar surface area (TPSA) is 85.1 Å². The lowest BCUT2D eigenvalue weighted by atomic mass is 9.79. The van der Waals surface area contributed by atoms with Crippen LogP contribution in [-0.4, -0.2) is 16.8 Å². The highest BCUT2D eigenvalue weighted by atomic mass is 32.1. The van der Waals surface area contributed by atoms with Gasteiger partial charge in [0.2, 0.25) is 11.8 Å². The Morgan fingerprint density at radius 3 is 2.70 bits per heavy atom. The van der Waals surface area contributed by atoms with Crippen LogP contribution in [0.1, 0.15) is 47.0 Å². The fourth-order valence-electron chi connectivity index (χ4n) is 3.77. The minimum absolute atomic E-state index is 0.0134. The molecular formula is C21H21N3O2S. The molecule has 1 fully saturated rings. The molecule has 1 saturated carbocycles. The fraction of sp³-hybridized carbons (Fsp3) is 0.286. The molecule has 4 rings (SSSR count). The normalized spacial score (nSPS) is 19.7. The number of thiazole rings is 1. The van der Waals surface area contributed by atoms with Crippen molar-refractivity contribution in [3.8, 4) is 0 Å². The van der Waals surface area contributed by atoms with Gasteiger partial charge in [0.05, 0.1) is 15.2 Å².